The van der Waals surface area contributed by atoms with Crippen molar-refractivity contribution in [2.75, 3.05) is 49.4 Å². The van der Waals surface area contributed by atoms with Gasteiger partial charge >= 0.3 is 48.2 Å². The lowest BCUT2D eigenvalue weighted by Crippen LogP contribution is -2.13. The minimum atomic E-state index is -4.50. The molecule has 0 aliphatic carbocycles. The lowest BCUT2D eigenvalue weighted by Gasteiger charge is -2.08. The summed E-state index contributed by atoms with van der Waals surface area (Å²) in [6.07, 6.45) is -3.44. The molecule has 75 heavy (non-hydrogen) atoms. The van der Waals surface area contributed by atoms with Gasteiger partial charge in [-0.05, 0) is 132 Å². The van der Waals surface area contributed by atoms with Crippen LogP contribution in [0.25, 0.3) is 12.2 Å². The molecule has 0 saturated heterocycles. The first-order valence-electron chi connectivity index (χ1n) is 21.9. The lowest BCUT2D eigenvalue weighted by molar-refractivity contribution is -0.139. The molecule has 0 aliphatic rings. The Hall–Kier alpha value is -9.60. The molecule has 6 aromatic carbocycles. The lowest BCUT2D eigenvalue weighted by atomic mass is 10.1. The van der Waals surface area contributed by atoms with Gasteiger partial charge in [0.25, 0.3) is 0 Å². The highest BCUT2D eigenvalue weighted by Gasteiger charge is 2.31. The van der Waals surface area contributed by atoms with Crippen LogP contribution in [0.1, 0.15) is 70.1 Å². The van der Waals surface area contributed by atoms with Crippen molar-refractivity contribution in [1.29, 1.82) is 0 Å². The van der Waals surface area contributed by atoms with Crippen LogP contribution in [0.2, 0.25) is 0 Å². The summed E-state index contributed by atoms with van der Waals surface area (Å²) < 4.78 is 106. The van der Waals surface area contributed by atoms with Crippen LogP contribution in [0, 0.1) is 0 Å². The molecule has 0 amide bonds. The van der Waals surface area contributed by atoms with Crippen LogP contribution >= 0.6 is 0 Å². The first kappa shape index (κ1) is 56.3. The van der Waals surface area contributed by atoms with Crippen molar-refractivity contribution in [2.24, 2.45) is 0 Å². The number of hydrogen-bond donors (Lipinski definition) is 4. The van der Waals surface area contributed by atoms with Crippen LogP contribution in [-0.4, -0.2) is 62.2 Å². The first-order valence-corrected chi connectivity index (χ1v) is 21.9. The van der Waals surface area contributed by atoms with Gasteiger partial charge in [0.2, 0.25) is 0 Å². The van der Waals surface area contributed by atoms with Gasteiger partial charge in [-0.1, -0.05) is 24.3 Å². The number of nitrogens with two attached hydrogens (primary N) is 4. The third-order valence-corrected chi connectivity index (χ3v) is 9.65. The molecule has 6 aromatic rings. The third kappa shape index (κ3) is 18.8. The minimum Gasteiger partial charge on any atom is -0.462 e. The van der Waals surface area contributed by atoms with E-state index >= 15 is 0 Å². The fraction of sp³-hybridized carbons (Fsp3) is 0.132. The Morgan fingerprint density at radius 3 is 1.07 bits per heavy atom. The number of carbonyl (C=O) groups is 6. The van der Waals surface area contributed by atoms with Crippen molar-refractivity contribution in [3.8, 4) is 11.5 Å². The topological polar surface area (TPSA) is 262 Å². The third-order valence-electron chi connectivity index (χ3n) is 9.65. The molecule has 0 spiro atoms. The average Bonchev–Trinajstić information content (AvgIpc) is 3.36. The molecule has 0 atom stereocenters. The number of ether oxygens (including phenoxy) is 6. The predicted molar refractivity (Wildman–Crippen MR) is 261 cm³/mol. The number of rotatable bonds is 17. The molecule has 8 N–H and O–H groups in total. The number of anilines is 4. The van der Waals surface area contributed by atoms with E-state index in [1.165, 1.54) is 78.9 Å². The summed E-state index contributed by atoms with van der Waals surface area (Å²) in [6.45, 7) is -0.302. The Balaban J connectivity index is 0.000000277. The van der Waals surface area contributed by atoms with Crippen molar-refractivity contribution in [2.45, 2.75) is 18.8 Å². The Morgan fingerprint density at radius 1 is 0.387 bits per heavy atom. The smallest absolute Gasteiger partial charge is 0.416 e. The van der Waals surface area contributed by atoms with Crippen molar-refractivity contribution < 1.29 is 83.5 Å². The number of carbonyl (C=O) groups excluding carboxylic acids is 6. The van der Waals surface area contributed by atoms with E-state index in [4.69, 9.17) is 51.4 Å². The molecule has 0 aromatic heterocycles. The summed E-state index contributed by atoms with van der Waals surface area (Å²) in [7, 11) is 0. The van der Waals surface area contributed by atoms with E-state index in [1.54, 1.807) is 24.3 Å². The van der Waals surface area contributed by atoms with Crippen molar-refractivity contribution >= 4 is 70.7 Å². The molecular weight excluding hydrogens is 999 g/mol. The predicted octanol–water partition coefficient (Wildman–Crippen LogP) is 9.39. The second kappa shape index (κ2) is 26.2. The maximum atomic E-state index is 12.6. The summed E-state index contributed by atoms with van der Waals surface area (Å²) in [4.78, 5) is 72.0. The quantitative estimate of drug-likeness (QED) is 0.0126. The van der Waals surface area contributed by atoms with E-state index in [9.17, 15) is 55.1 Å². The molecule has 0 unspecified atom stereocenters. The minimum absolute atomic E-state index is 0.0222. The second-order valence-electron chi connectivity index (χ2n) is 15.5. The zero-order valence-corrected chi connectivity index (χ0v) is 39.0. The molecule has 16 nitrogen and oxygen atoms in total. The summed E-state index contributed by atoms with van der Waals surface area (Å²) in [5.41, 5.74) is 23.6. The van der Waals surface area contributed by atoms with E-state index in [0.717, 1.165) is 54.6 Å². The number of alkyl halides is 6. The highest BCUT2D eigenvalue weighted by atomic mass is 19.4. The van der Waals surface area contributed by atoms with Crippen LogP contribution in [0.4, 0.5) is 49.1 Å². The molecular formula is C53H44F6N4O12. The van der Waals surface area contributed by atoms with E-state index in [-0.39, 0.29) is 66.6 Å². The number of halogens is 6. The summed E-state index contributed by atoms with van der Waals surface area (Å²) in [5, 5.41) is 0. The zero-order chi connectivity index (χ0) is 54.7. The van der Waals surface area contributed by atoms with Gasteiger partial charge in [-0.3, -0.25) is 0 Å². The van der Waals surface area contributed by atoms with Crippen LogP contribution in [0.15, 0.2) is 146 Å². The zero-order valence-electron chi connectivity index (χ0n) is 39.0. The molecule has 6 rings (SSSR count). The fourth-order valence-electron chi connectivity index (χ4n) is 6.07. The van der Waals surface area contributed by atoms with Crippen molar-refractivity contribution in [1.82, 2.24) is 0 Å². The van der Waals surface area contributed by atoms with Gasteiger partial charge in [0.1, 0.15) is 24.7 Å². The number of hydrogen-bond acceptors (Lipinski definition) is 16. The van der Waals surface area contributed by atoms with Gasteiger partial charge in [-0.15, -0.1) is 0 Å². The van der Waals surface area contributed by atoms with Crippen LogP contribution in [0.3, 0.4) is 0 Å². The number of esters is 6. The standard InChI is InChI=1S/C27H23F3N2O6.C26H21F3N2O6/c28-27(29,30)20-7-5-18(6-8-20)26(35)38-23-9-2-17(3-10-23)4-11-24(33)36-12-1-13-37-25(34)19-14-21(31)16-22(32)15-19;27-26(28,29)19-6-4-17(5-7-19)25(34)37-22-8-1-16(2-9-22)3-10-23(32)35-11-12-36-24(33)18-13-20(30)15-21(31)14-18/h2-11,14-16H,1,12-13,31-32H2;1-10,13-15H,11-12,30-31H2. The van der Waals surface area contributed by atoms with E-state index in [1.807, 2.05) is 0 Å². The van der Waals surface area contributed by atoms with Crippen LogP contribution in [0.5, 0.6) is 11.5 Å². The average molecular weight is 1040 g/mol. The largest absolute Gasteiger partial charge is 0.462 e. The highest BCUT2D eigenvalue weighted by Crippen LogP contribution is 2.30. The summed E-state index contributed by atoms with van der Waals surface area (Å²) >= 11 is 0. The molecule has 22 heteroatoms. The Bertz CT molecular complexity index is 2990. The van der Waals surface area contributed by atoms with Gasteiger partial charge in [0.05, 0.1) is 46.6 Å². The molecule has 0 bridgehead atoms. The van der Waals surface area contributed by atoms with Gasteiger partial charge < -0.3 is 51.4 Å². The molecule has 0 aliphatic heterocycles. The maximum absolute atomic E-state index is 12.6. The first-order chi connectivity index (χ1) is 35.5. The van der Waals surface area contributed by atoms with E-state index < -0.39 is 59.3 Å². The second-order valence-corrected chi connectivity index (χ2v) is 15.5. The molecule has 0 radical (unpaired) electrons. The van der Waals surface area contributed by atoms with Gasteiger partial charge in [-0.2, -0.15) is 26.3 Å². The van der Waals surface area contributed by atoms with Crippen LogP contribution < -0.4 is 32.4 Å². The van der Waals surface area contributed by atoms with E-state index in [0.29, 0.717) is 33.9 Å². The molecule has 0 fully saturated rings. The molecule has 0 heterocycles. The van der Waals surface area contributed by atoms with E-state index in [2.05, 4.69) is 0 Å². The Labute approximate surface area is 423 Å². The number of nitrogen functional groups attached to an aromatic ring is 4. The maximum Gasteiger partial charge on any atom is 0.416 e. The Morgan fingerprint density at radius 2 is 0.707 bits per heavy atom. The van der Waals surface area contributed by atoms with Crippen molar-refractivity contribution in [3.05, 3.63) is 190 Å². The SMILES string of the molecule is Nc1cc(N)cc(C(=O)OCCCOC(=O)C=Cc2ccc(OC(=O)c3ccc(C(F)(F)F)cc3)cc2)c1.Nc1cc(N)cc(C(=O)OCCOC(=O)C=Cc2ccc(OC(=O)c3ccc(C(F)(F)F)cc3)cc2)c1. The van der Waals surface area contributed by atoms with Gasteiger partial charge in [0, 0.05) is 41.3 Å². The van der Waals surface area contributed by atoms with Gasteiger partial charge in [-0.25, -0.2) is 28.8 Å². The molecule has 0 saturated carbocycles. The van der Waals surface area contributed by atoms with Crippen molar-refractivity contribution in [3.63, 3.8) is 0 Å². The molecule has 390 valence electrons. The fourth-order valence-corrected chi connectivity index (χ4v) is 6.07. The normalized spacial score (nSPS) is 11.2. The monoisotopic (exact) mass is 1040 g/mol. The van der Waals surface area contributed by atoms with Crippen LogP contribution in [-0.2, 0) is 40.9 Å². The highest BCUT2D eigenvalue weighted by molar-refractivity contribution is 5.94. The summed E-state index contributed by atoms with van der Waals surface area (Å²) in [6, 6.07) is 28.1. The van der Waals surface area contributed by atoms with Gasteiger partial charge in [0.15, 0.2) is 0 Å². The summed E-state index contributed by atoms with van der Waals surface area (Å²) in [5.74, 6) is -3.85. The Kier molecular flexibility index (Phi) is 19.7. The number of benzene rings is 6.